The highest BCUT2D eigenvalue weighted by atomic mass is 16.5. The fourth-order valence-corrected chi connectivity index (χ4v) is 2.09. The topological polar surface area (TPSA) is 60.4 Å². The molecule has 2 rings (SSSR count). The van der Waals surface area contributed by atoms with Crippen LogP contribution in [0.5, 0.6) is 5.75 Å². The van der Waals surface area contributed by atoms with Gasteiger partial charge in [-0.15, -0.1) is 0 Å². The largest absolute Gasteiger partial charge is 0.491 e. The minimum atomic E-state index is -0.150. The van der Waals surface area contributed by atoms with Crippen LogP contribution in [0.15, 0.2) is 40.8 Å². The van der Waals surface area contributed by atoms with E-state index < -0.39 is 0 Å². The highest BCUT2D eigenvalue weighted by Crippen LogP contribution is 2.25. The Morgan fingerprint density at radius 1 is 1.15 bits per heavy atom. The predicted octanol–water partition coefficient (Wildman–Crippen LogP) is 3.18. The van der Waals surface area contributed by atoms with Crippen LogP contribution in [0.3, 0.4) is 0 Å². The van der Waals surface area contributed by atoms with Crippen molar-refractivity contribution in [1.82, 2.24) is 5.43 Å². The summed E-state index contributed by atoms with van der Waals surface area (Å²) < 4.78 is 11.4. The van der Waals surface area contributed by atoms with E-state index in [1.54, 1.807) is 0 Å². The van der Waals surface area contributed by atoms with E-state index in [4.69, 9.17) is 15.0 Å². The van der Waals surface area contributed by atoms with Crippen molar-refractivity contribution in [2.75, 3.05) is 0 Å². The summed E-state index contributed by atoms with van der Waals surface area (Å²) in [7, 11) is 0. The molecule has 4 heteroatoms. The maximum Gasteiger partial charge on any atom is 0.126 e. The quantitative estimate of drug-likeness (QED) is 0.627. The van der Waals surface area contributed by atoms with Crippen molar-refractivity contribution in [1.29, 1.82) is 0 Å². The van der Waals surface area contributed by atoms with E-state index in [9.17, 15) is 0 Å². The van der Waals surface area contributed by atoms with Gasteiger partial charge in [-0.3, -0.25) is 5.84 Å². The SMILES string of the molecule is CCc1ccc(C(NN)c2ccc(OC(C)C)cc2)o1. The second-order valence-electron chi connectivity index (χ2n) is 4.99. The first kappa shape index (κ1) is 14.6. The standard InChI is InChI=1S/C16H22N2O2/c1-4-13-9-10-15(20-13)16(18-17)12-5-7-14(8-6-12)19-11(2)3/h5-11,16,18H,4,17H2,1-3H3. The first-order valence-corrected chi connectivity index (χ1v) is 6.95. The van der Waals surface area contributed by atoms with E-state index in [1.165, 1.54) is 0 Å². The molecule has 0 radical (unpaired) electrons. The highest BCUT2D eigenvalue weighted by molar-refractivity contribution is 5.33. The number of ether oxygens (including phenoxy) is 1. The van der Waals surface area contributed by atoms with Crippen molar-refractivity contribution in [3.63, 3.8) is 0 Å². The summed E-state index contributed by atoms with van der Waals surface area (Å²) in [5.74, 6) is 8.30. The van der Waals surface area contributed by atoms with Gasteiger partial charge < -0.3 is 9.15 Å². The Hall–Kier alpha value is -1.78. The summed E-state index contributed by atoms with van der Waals surface area (Å²) >= 11 is 0. The van der Waals surface area contributed by atoms with Gasteiger partial charge in [0.25, 0.3) is 0 Å². The van der Waals surface area contributed by atoms with Crippen molar-refractivity contribution >= 4 is 0 Å². The average Bonchev–Trinajstić information content (AvgIpc) is 2.90. The molecule has 20 heavy (non-hydrogen) atoms. The van der Waals surface area contributed by atoms with Crippen LogP contribution in [0.25, 0.3) is 0 Å². The third-order valence-corrected chi connectivity index (χ3v) is 3.07. The van der Waals surface area contributed by atoms with E-state index in [0.29, 0.717) is 0 Å². The Morgan fingerprint density at radius 3 is 2.35 bits per heavy atom. The molecule has 2 aromatic rings. The Labute approximate surface area is 119 Å². The van der Waals surface area contributed by atoms with Crippen LogP contribution in [-0.2, 0) is 6.42 Å². The molecule has 0 saturated heterocycles. The van der Waals surface area contributed by atoms with Gasteiger partial charge in [-0.05, 0) is 43.7 Å². The van der Waals surface area contributed by atoms with Crippen molar-refractivity contribution < 1.29 is 9.15 Å². The molecule has 1 aromatic carbocycles. The lowest BCUT2D eigenvalue weighted by Gasteiger charge is -2.15. The molecular weight excluding hydrogens is 252 g/mol. The van der Waals surface area contributed by atoms with E-state index in [-0.39, 0.29) is 12.1 Å². The van der Waals surface area contributed by atoms with E-state index in [0.717, 1.165) is 29.3 Å². The second kappa shape index (κ2) is 6.59. The molecule has 4 nitrogen and oxygen atoms in total. The molecule has 3 N–H and O–H groups in total. The van der Waals surface area contributed by atoms with Gasteiger partial charge in [0.2, 0.25) is 0 Å². The Bertz CT molecular complexity index is 532. The van der Waals surface area contributed by atoms with Crippen LogP contribution < -0.4 is 16.0 Å². The molecular formula is C16H22N2O2. The zero-order chi connectivity index (χ0) is 14.5. The zero-order valence-corrected chi connectivity index (χ0v) is 12.2. The van der Waals surface area contributed by atoms with Crippen LogP contribution in [0.1, 0.15) is 43.9 Å². The van der Waals surface area contributed by atoms with Crippen molar-refractivity contribution in [3.8, 4) is 5.75 Å². The molecule has 1 unspecified atom stereocenters. The summed E-state index contributed by atoms with van der Waals surface area (Å²) in [5.41, 5.74) is 3.84. The second-order valence-corrected chi connectivity index (χ2v) is 4.99. The number of hydrazine groups is 1. The predicted molar refractivity (Wildman–Crippen MR) is 79.5 cm³/mol. The van der Waals surface area contributed by atoms with Crippen molar-refractivity contribution in [2.24, 2.45) is 5.84 Å². The molecule has 0 fully saturated rings. The van der Waals surface area contributed by atoms with E-state index in [2.05, 4.69) is 12.3 Å². The lowest BCUT2D eigenvalue weighted by atomic mass is 10.1. The fourth-order valence-electron chi connectivity index (χ4n) is 2.09. The third kappa shape index (κ3) is 3.40. The lowest BCUT2D eigenvalue weighted by molar-refractivity contribution is 0.242. The molecule has 1 heterocycles. The average molecular weight is 274 g/mol. The molecule has 0 bridgehead atoms. The lowest BCUT2D eigenvalue weighted by Crippen LogP contribution is -2.28. The number of aryl methyl sites for hydroxylation is 1. The van der Waals surface area contributed by atoms with Gasteiger partial charge >= 0.3 is 0 Å². The maximum atomic E-state index is 5.76. The third-order valence-electron chi connectivity index (χ3n) is 3.07. The molecule has 0 spiro atoms. The first-order valence-electron chi connectivity index (χ1n) is 6.95. The van der Waals surface area contributed by atoms with Gasteiger partial charge in [0, 0.05) is 6.42 Å². The number of hydrogen-bond acceptors (Lipinski definition) is 4. The summed E-state index contributed by atoms with van der Waals surface area (Å²) in [5, 5.41) is 0. The molecule has 0 saturated carbocycles. The molecule has 1 atom stereocenters. The van der Waals surface area contributed by atoms with E-state index in [1.807, 2.05) is 50.2 Å². The molecule has 108 valence electrons. The molecule has 0 amide bonds. The summed E-state index contributed by atoms with van der Waals surface area (Å²) in [6, 6.07) is 11.7. The first-order chi connectivity index (χ1) is 9.63. The summed E-state index contributed by atoms with van der Waals surface area (Å²) in [4.78, 5) is 0. The molecule has 1 aromatic heterocycles. The number of rotatable bonds is 6. The zero-order valence-electron chi connectivity index (χ0n) is 12.2. The monoisotopic (exact) mass is 274 g/mol. The van der Waals surface area contributed by atoms with Crippen LogP contribution in [0, 0.1) is 0 Å². The summed E-state index contributed by atoms with van der Waals surface area (Å²) in [6.45, 7) is 6.08. The van der Waals surface area contributed by atoms with Crippen LogP contribution in [-0.4, -0.2) is 6.10 Å². The van der Waals surface area contributed by atoms with Gasteiger partial charge in [0.05, 0.1) is 6.10 Å². The fraction of sp³-hybridized carbons (Fsp3) is 0.375. The number of furan rings is 1. The van der Waals surface area contributed by atoms with Gasteiger partial charge in [-0.1, -0.05) is 19.1 Å². The van der Waals surface area contributed by atoms with Gasteiger partial charge in [-0.25, -0.2) is 5.43 Å². The Kier molecular flexibility index (Phi) is 4.82. The minimum Gasteiger partial charge on any atom is -0.491 e. The smallest absolute Gasteiger partial charge is 0.126 e. The van der Waals surface area contributed by atoms with Crippen LogP contribution >= 0.6 is 0 Å². The van der Waals surface area contributed by atoms with E-state index >= 15 is 0 Å². The highest BCUT2D eigenvalue weighted by Gasteiger charge is 2.16. The van der Waals surface area contributed by atoms with Crippen LogP contribution in [0.2, 0.25) is 0 Å². The molecule has 0 aliphatic carbocycles. The van der Waals surface area contributed by atoms with Gasteiger partial charge in [0.15, 0.2) is 0 Å². The Morgan fingerprint density at radius 2 is 1.85 bits per heavy atom. The summed E-state index contributed by atoms with van der Waals surface area (Å²) in [6.07, 6.45) is 1.04. The molecule has 0 aliphatic rings. The van der Waals surface area contributed by atoms with Gasteiger partial charge in [-0.2, -0.15) is 0 Å². The van der Waals surface area contributed by atoms with Crippen molar-refractivity contribution in [2.45, 2.75) is 39.3 Å². The Balaban J connectivity index is 2.18. The molecule has 0 aliphatic heterocycles. The minimum absolute atomic E-state index is 0.150. The van der Waals surface area contributed by atoms with Crippen molar-refractivity contribution in [3.05, 3.63) is 53.5 Å². The normalized spacial score (nSPS) is 12.7. The number of nitrogens with one attached hydrogen (secondary N) is 1. The van der Waals surface area contributed by atoms with Gasteiger partial charge in [0.1, 0.15) is 23.3 Å². The maximum absolute atomic E-state index is 5.76. The number of hydrogen-bond donors (Lipinski definition) is 2. The van der Waals surface area contributed by atoms with Crippen LogP contribution in [0.4, 0.5) is 0 Å². The number of nitrogens with two attached hydrogens (primary N) is 1. The number of benzene rings is 1.